The molecule has 0 saturated heterocycles. The zero-order chi connectivity index (χ0) is 19.7. The molecule has 0 aliphatic heterocycles. The van der Waals surface area contributed by atoms with E-state index in [1.165, 1.54) is 17.6 Å². The molecule has 2 aromatic carbocycles. The summed E-state index contributed by atoms with van der Waals surface area (Å²) in [6.45, 7) is 2.77. The number of aromatic nitrogens is 1. The number of ether oxygens (including phenoxy) is 1. The van der Waals surface area contributed by atoms with Crippen LogP contribution in [0.15, 0.2) is 62.9 Å². The zero-order valence-electron chi connectivity index (χ0n) is 15.5. The quantitative estimate of drug-likeness (QED) is 0.525. The number of para-hydroxylation sites is 1. The topological polar surface area (TPSA) is 73.8 Å². The molecule has 0 spiro atoms. The molecule has 7 heteroatoms. The minimum Gasteiger partial charge on any atom is -0.497 e. The normalized spacial score (nSPS) is 12.0. The van der Waals surface area contributed by atoms with Gasteiger partial charge in [0.05, 0.1) is 22.7 Å². The Morgan fingerprint density at radius 2 is 2.07 bits per heavy atom. The fourth-order valence-electron chi connectivity index (χ4n) is 3.08. The second-order valence-electron chi connectivity index (χ2n) is 6.26. The molecule has 28 heavy (non-hydrogen) atoms. The van der Waals surface area contributed by atoms with Crippen LogP contribution >= 0.6 is 11.3 Å². The van der Waals surface area contributed by atoms with Crippen LogP contribution in [-0.4, -0.2) is 17.6 Å². The molecule has 4 rings (SSSR count). The predicted molar refractivity (Wildman–Crippen MR) is 109 cm³/mol. The fraction of sp³-hybridized carbons (Fsp3) is 0.190. The van der Waals surface area contributed by atoms with Crippen molar-refractivity contribution in [2.45, 2.75) is 19.9 Å². The lowest BCUT2D eigenvalue weighted by atomic mass is 10.2. The van der Waals surface area contributed by atoms with Gasteiger partial charge in [-0.2, -0.15) is 4.99 Å². The molecule has 2 heterocycles. The van der Waals surface area contributed by atoms with Crippen LogP contribution in [0.5, 0.6) is 5.75 Å². The van der Waals surface area contributed by atoms with E-state index in [9.17, 15) is 9.59 Å². The maximum atomic E-state index is 12.8. The minimum atomic E-state index is -0.608. The number of fused-ring (bicyclic) bond motifs is 2. The molecule has 0 N–H and O–H groups in total. The summed E-state index contributed by atoms with van der Waals surface area (Å²) in [5, 5.41) is 0.367. The Labute approximate surface area is 164 Å². The highest BCUT2D eigenvalue weighted by Gasteiger charge is 2.15. The lowest BCUT2D eigenvalue weighted by Crippen LogP contribution is -2.20. The highest BCUT2D eigenvalue weighted by atomic mass is 32.1. The smallest absolute Gasteiger partial charge is 0.286 e. The molecule has 142 valence electrons. The van der Waals surface area contributed by atoms with Gasteiger partial charge in [-0.1, -0.05) is 30.4 Å². The number of thiazole rings is 1. The third kappa shape index (κ3) is 3.14. The van der Waals surface area contributed by atoms with E-state index < -0.39 is 5.91 Å². The highest BCUT2D eigenvalue weighted by Crippen LogP contribution is 2.23. The van der Waals surface area contributed by atoms with Gasteiger partial charge in [0.1, 0.15) is 23.2 Å². The molecular weight excluding hydrogens is 376 g/mol. The Kier molecular flexibility index (Phi) is 4.83. The number of hydrogen-bond acceptors (Lipinski definition) is 5. The van der Waals surface area contributed by atoms with Gasteiger partial charge in [0.2, 0.25) is 5.43 Å². The van der Waals surface area contributed by atoms with Gasteiger partial charge >= 0.3 is 0 Å². The van der Waals surface area contributed by atoms with Crippen molar-refractivity contribution in [2.24, 2.45) is 4.99 Å². The zero-order valence-corrected chi connectivity index (χ0v) is 16.3. The van der Waals surface area contributed by atoms with Crippen molar-refractivity contribution in [2.75, 3.05) is 7.11 Å². The number of carbonyl (C=O) groups excluding carboxylic acids is 1. The maximum Gasteiger partial charge on any atom is 0.286 e. The van der Waals surface area contributed by atoms with Crippen LogP contribution in [0, 0.1) is 0 Å². The van der Waals surface area contributed by atoms with Crippen LogP contribution in [0.2, 0.25) is 0 Å². The van der Waals surface area contributed by atoms with Crippen LogP contribution in [0.3, 0.4) is 0 Å². The van der Waals surface area contributed by atoms with Crippen LogP contribution in [0.1, 0.15) is 23.7 Å². The Hall–Kier alpha value is -3.19. The van der Waals surface area contributed by atoms with E-state index in [0.717, 1.165) is 22.4 Å². The maximum absolute atomic E-state index is 12.8. The molecule has 1 amide bonds. The summed E-state index contributed by atoms with van der Waals surface area (Å²) in [6.07, 6.45) is 2.08. The first kappa shape index (κ1) is 18.2. The summed E-state index contributed by atoms with van der Waals surface area (Å²) in [4.78, 5) is 30.2. The number of methoxy groups -OCH3 is 1. The molecule has 0 saturated carbocycles. The number of nitrogens with zero attached hydrogens (tertiary/aromatic N) is 2. The molecule has 0 unspecified atom stereocenters. The molecule has 0 atom stereocenters. The van der Waals surface area contributed by atoms with Gasteiger partial charge in [-0.15, -0.1) is 0 Å². The fourth-order valence-corrected chi connectivity index (χ4v) is 4.16. The number of rotatable bonds is 4. The molecule has 4 aromatic rings. The highest BCUT2D eigenvalue weighted by molar-refractivity contribution is 7.16. The van der Waals surface area contributed by atoms with E-state index in [4.69, 9.17) is 9.15 Å². The van der Waals surface area contributed by atoms with Gasteiger partial charge in [0.15, 0.2) is 4.80 Å². The molecule has 0 aliphatic rings. The lowest BCUT2D eigenvalue weighted by Gasteiger charge is -2.03. The standard InChI is InChI=1S/C21H18N2O4S/c1-3-10-23-16-9-8-13(26-2)11-18(16)28-21(23)22-20(25)15-12-27-17-7-5-4-6-14(17)19(15)24/h4-9,11-12H,3,10H2,1-2H3. The van der Waals surface area contributed by atoms with Crippen molar-refractivity contribution in [1.82, 2.24) is 4.57 Å². The number of aryl methyl sites for hydroxylation is 1. The summed E-state index contributed by atoms with van der Waals surface area (Å²) in [6, 6.07) is 12.6. The summed E-state index contributed by atoms with van der Waals surface area (Å²) in [5.74, 6) is 0.133. The predicted octanol–water partition coefficient (Wildman–Crippen LogP) is 3.97. The molecular formula is C21H18N2O4S. The summed E-state index contributed by atoms with van der Waals surface area (Å²) >= 11 is 1.39. The minimum absolute atomic E-state index is 0.0724. The van der Waals surface area contributed by atoms with Crippen molar-refractivity contribution >= 4 is 38.4 Å². The van der Waals surface area contributed by atoms with Gasteiger partial charge in [-0.05, 0) is 36.8 Å². The second kappa shape index (κ2) is 7.44. The van der Waals surface area contributed by atoms with Gasteiger partial charge in [-0.25, -0.2) is 0 Å². The van der Waals surface area contributed by atoms with E-state index >= 15 is 0 Å². The van der Waals surface area contributed by atoms with Crippen molar-refractivity contribution < 1.29 is 13.9 Å². The van der Waals surface area contributed by atoms with Crippen molar-refractivity contribution in [1.29, 1.82) is 0 Å². The summed E-state index contributed by atoms with van der Waals surface area (Å²) in [5.41, 5.74) is 0.973. The molecule has 0 aliphatic carbocycles. The molecule has 0 radical (unpaired) electrons. The summed E-state index contributed by atoms with van der Waals surface area (Å²) in [7, 11) is 1.61. The Morgan fingerprint density at radius 1 is 1.25 bits per heavy atom. The van der Waals surface area contributed by atoms with Crippen LogP contribution < -0.4 is 15.0 Å². The lowest BCUT2D eigenvalue weighted by molar-refractivity contribution is 0.0995. The van der Waals surface area contributed by atoms with Crippen molar-refractivity contribution in [3.05, 3.63) is 69.3 Å². The Morgan fingerprint density at radius 3 is 2.86 bits per heavy atom. The average molecular weight is 394 g/mol. The Bertz CT molecular complexity index is 1310. The number of hydrogen-bond donors (Lipinski definition) is 0. The number of amides is 1. The Balaban J connectivity index is 1.87. The van der Waals surface area contributed by atoms with E-state index in [1.54, 1.807) is 31.4 Å². The molecule has 2 aromatic heterocycles. The molecule has 0 bridgehead atoms. The monoisotopic (exact) mass is 394 g/mol. The average Bonchev–Trinajstić information content (AvgIpc) is 3.04. The molecule has 0 fully saturated rings. The van der Waals surface area contributed by atoms with Gasteiger partial charge in [0, 0.05) is 6.54 Å². The third-order valence-electron chi connectivity index (χ3n) is 4.44. The van der Waals surface area contributed by atoms with Crippen LogP contribution in [-0.2, 0) is 6.54 Å². The van der Waals surface area contributed by atoms with E-state index in [-0.39, 0.29) is 11.0 Å². The van der Waals surface area contributed by atoms with Gasteiger partial charge < -0.3 is 13.7 Å². The van der Waals surface area contributed by atoms with Crippen molar-refractivity contribution in [3.63, 3.8) is 0 Å². The first-order valence-electron chi connectivity index (χ1n) is 8.89. The number of benzene rings is 2. The first-order valence-corrected chi connectivity index (χ1v) is 9.71. The largest absolute Gasteiger partial charge is 0.497 e. The first-order chi connectivity index (χ1) is 13.6. The second-order valence-corrected chi connectivity index (χ2v) is 7.27. The third-order valence-corrected chi connectivity index (χ3v) is 5.49. The van der Waals surface area contributed by atoms with Crippen molar-refractivity contribution in [3.8, 4) is 5.75 Å². The van der Waals surface area contributed by atoms with Gasteiger partial charge in [-0.3, -0.25) is 9.59 Å². The summed E-state index contributed by atoms with van der Waals surface area (Å²) < 4.78 is 13.7. The SMILES string of the molecule is CCCn1c(=NC(=O)c2coc3ccccc3c2=O)sc2cc(OC)ccc21. The number of carbonyl (C=O) groups is 1. The van der Waals surface area contributed by atoms with E-state index in [0.29, 0.717) is 22.3 Å². The van der Waals surface area contributed by atoms with E-state index in [1.807, 2.05) is 22.8 Å². The molecule has 6 nitrogen and oxygen atoms in total. The van der Waals surface area contributed by atoms with Gasteiger partial charge in [0.25, 0.3) is 5.91 Å². The van der Waals surface area contributed by atoms with Crippen LogP contribution in [0.25, 0.3) is 21.2 Å². The van der Waals surface area contributed by atoms with E-state index in [2.05, 4.69) is 11.9 Å². The van der Waals surface area contributed by atoms with Crippen LogP contribution in [0.4, 0.5) is 0 Å².